The lowest BCUT2D eigenvalue weighted by Crippen LogP contribution is -2.68. The van der Waals surface area contributed by atoms with Crippen LogP contribution < -0.4 is 11.1 Å². The Kier molecular flexibility index (Phi) is 3.81. The number of fused-ring (bicyclic) bond motifs is 1. The van der Waals surface area contributed by atoms with Crippen molar-refractivity contribution in [1.29, 1.82) is 0 Å². The number of carbonyl (C=O) groups excluding carboxylic acids is 2. The van der Waals surface area contributed by atoms with Gasteiger partial charge in [0.2, 0.25) is 11.8 Å². The minimum Gasteiger partial charge on any atom is -0.340 e. The van der Waals surface area contributed by atoms with Crippen molar-refractivity contribution in [3.63, 3.8) is 0 Å². The number of tetrazole rings is 1. The lowest BCUT2D eigenvalue weighted by atomic mass is 9.95. The van der Waals surface area contributed by atoms with E-state index in [2.05, 4.69) is 25.9 Å². The Balaban J connectivity index is 1.50. The topological polar surface area (TPSA) is 130 Å². The number of aromatic amines is 1. The summed E-state index contributed by atoms with van der Waals surface area (Å²) in [5.74, 6) is 0.0632. The van der Waals surface area contributed by atoms with Crippen LogP contribution in [0.15, 0.2) is 17.5 Å². The number of aromatic nitrogens is 4. The summed E-state index contributed by atoms with van der Waals surface area (Å²) in [4.78, 5) is 27.6. The summed E-state index contributed by atoms with van der Waals surface area (Å²) in [6, 6.07) is 2.04. The van der Waals surface area contributed by atoms with Gasteiger partial charge in [-0.3, -0.25) is 9.59 Å². The molecule has 2 aromatic heterocycles. The largest absolute Gasteiger partial charge is 0.340 e. The number of thiophene rings is 1. The van der Waals surface area contributed by atoms with Gasteiger partial charge in [-0.1, -0.05) is 6.07 Å². The van der Waals surface area contributed by atoms with E-state index in [0.29, 0.717) is 5.82 Å². The van der Waals surface area contributed by atoms with Crippen LogP contribution in [-0.2, 0) is 9.59 Å². The molecule has 0 aliphatic carbocycles. The molecule has 0 spiro atoms. The van der Waals surface area contributed by atoms with Crippen molar-refractivity contribution in [1.82, 2.24) is 30.8 Å². The van der Waals surface area contributed by atoms with Crippen molar-refractivity contribution < 1.29 is 9.59 Å². The molecule has 0 bridgehead atoms. The average molecular weight is 379 g/mol. The smallest absolute Gasteiger partial charge is 0.249 e. The SMILES string of the molecule is CC1(C)S[C@@H]2C(NC(=O)C(N)c3cccs3)C(=O)N2C1c1nnn[nH]1. The second-order valence-corrected chi connectivity index (χ2v) is 9.28. The van der Waals surface area contributed by atoms with Crippen molar-refractivity contribution >= 4 is 34.9 Å². The maximum atomic E-state index is 12.7. The number of H-pyrrole nitrogens is 1. The number of amides is 2. The van der Waals surface area contributed by atoms with Crippen LogP contribution in [0.2, 0.25) is 0 Å². The quantitative estimate of drug-likeness (QED) is 0.646. The second-order valence-electron chi connectivity index (χ2n) is 6.53. The number of hydrogen-bond acceptors (Lipinski definition) is 8. The number of rotatable bonds is 4. The Morgan fingerprint density at radius 1 is 1.52 bits per heavy atom. The zero-order chi connectivity index (χ0) is 17.8. The van der Waals surface area contributed by atoms with Gasteiger partial charge in [0.25, 0.3) is 0 Å². The van der Waals surface area contributed by atoms with Gasteiger partial charge in [0.05, 0.1) is 0 Å². The molecule has 2 aliphatic heterocycles. The van der Waals surface area contributed by atoms with E-state index < -0.39 is 12.1 Å². The van der Waals surface area contributed by atoms with Crippen molar-refractivity contribution in [2.45, 2.75) is 42.1 Å². The molecule has 11 heteroatoms. The van der Waals surface area contributed by atoms with Crippen LogP contribution in [0.5, 0.6) is 0 Å². The van der Waals surface area contributed by atoms with E-state index in [1.807, 2.05) is 31.4 Å². The molecule has 3 unspecified atom stereocenters. The predicted octanol–water partition coefficient (Wildman–Crippen LogP) is 0.181. The van der Waals surface area contributed by atoms with Gasteiger partial charge in [-0.2, -0.15) is 0 Å². The van der Waals surface area contributed by atoms with Crippen molar-refractivity contribution in [3.8, 4) is 0 Å². The molecule has 2 fully saturated rings. The summed E-state index contributed by atoms with van der Waals surface area (Å²) in [6.45, 7) is 4.07. The summed E-state index contributed by atoms with van der Waals surface area (Å²) < 4.78 is -0.281. The Morgan fingerprint density at radius 3 is 2.96 bits per heavy atom. The number of carbonyl (C=O) groups is 2. The molecule has 4 atom stereocenters. The Hall–Kier alpha value is -1.98. The minimum atomic E-state index is -0.768. The van der Waals surface area contributed by atoms with Gasteiger partial charge in [0, 0.05) is 9.62 Å². The Bertz CT molecular complexity index is 792. The number of thioether (sulfide) groups is 1. The number of nitrogens with one attached hydrogen (secondary N) is 2. The number of β-lactam (4-membered cyclic amide) rings is 1. The van der Waals surface area contributed by atoms with E-state index in [0.717, 1.165) is 4.88 Å². The van der Waals surface area contributed by atoms with Crippen LogP contribution in [-0.4, -0.2) is 53.5 Å². The maximum Gasteiger partial charge on any atom is 0.249 e. The fourth-order valence-corrected chi connectivity index (χ4v) is 5.67. The fraction of sp³-hybridized carbons (Fsp3) is 0.500. The van der Waals surface area contributed by atoms with Gasteiger partial charge in [-0.05, 0) is 35.7 Å². The molecule has 4 N–H and O–H groups in total. The van der Waals surface area contributed by atoms with Crippen molar-refractivity contribution in [2.24, 2.45) is 5.73 Å². The zero-order valence-electron chi connectivity index (χ0n) is 13.5. The molecular weight excluding hydrogens is 362 g/mol. The normalized spacial score (nSPS) is 28.4. The third kappa shape index (κ3) is 2.53. The van der Waals surface area contributed by atoms with Crippen molar-refractivity contribution in [3.05, 3.63) is 28.2 Å². The summed E-state index contributed by atoms with van der Waals surface area (Å²) in [6.07, 6.45) is 0. The van der Waals surface area contributed by atoms with E-state index in [1.165, 1.54) is 11.3 Å². The van der Waals surface area contributed by atoms with E-state index in [9.17, 15) is 9.59 Å². The molecule has 2 aromatic rings. The first-order valence-electron chi connectivity index (χ1n) is 7.73. The van der Waals surface area contributed by atoms with Gasteiger partial charge in [-0.15, -0.1) is 28.2 Å². The third-order valence-corrected chi connectivity index (χ3v) is 7.02. The van der Waals surface area contributed by atoms with Crippen LogP contribution in [0.3, 0.4) is 0 Å². The van der Waals surface area contributed by atoms with Crippen LogP contribution in [0, 0.1) is 0 Å². The summed E-state index contributed by atoms with van der Waals surface area (Å²) >= 11 is 3.04. The van der Waals surface area contributed by atoms with Crippen LogP contribution >= 0.6 is 23.1 Å². The highest BCUT2D eigenvalue weighted by molar-refractivity contribution is 8.01. The first-order valence-corrected chi connectivity index (χ1v) is 9.49. The van der Waals surface area contributed by atoms with E-state index in [1.54, 1.807) is 16.7 Å². The predicted molar refractivity (Wildman–Crippen MR) is 92.4 cm³/mol. The standard InChI is InChI=1S/C14H17N7O2S2/c1-14(2)9(10-17-19-20-18-10)21-12(23)8(13(21)25-14)16-11(22)7(15)6-4-3-5-24-6/h3-5,7-9,13H,15H2,1-2H3,(H,16,22)(H,17,18,19,20)/t7?,8?,9?,13-/m1/s1. The molecule has 2 aliphatic rings. The molecule has 25 heavy (non-hydrogen) atoms. The molecule has 0 saturated carbocycles. The minimum absolute atomic E-state index is 0.142. The van der Waals surface area contributed by atoms with Gasteiger partial charge in [0.1, 0.15) is 23.5 Å². The molecule has 9 nitrogen and oxygen atoms in total. The maximum absolute atomic E-state index is 12.7. The van der Waals surface area contributed by atoms with E-state index in [-0.39, 0.29) is 28.0 Å². The molecule has 4 rings (SSSR count). The number of nitrogens with zero attached hydrogens (tertiary/aromatic N) is 4. The van der Waals surface area contributed by atoms with Crippen molar-refractivity contribution in [2.75, 3.05) is 0 Å². The van der Waals surface area contributed by atoms with E-state index in [4.69, 9.17) is 5.73 Å². The third-order valence-electron chi connectivity index (χ3n) is 4.49. The van der Waals surface area contributed by atoms with Crippen LogP contribution in [0.4, 0.5) is 0 Å². The fourth-order valence-electron chi connectivity index (χ4n) is 3.31. The average Bonchev–Trinajstić information content (AvgIpc) is 3.30. The highest BCUT2D eigenvalue weighted by Crippen LogP contribution is 2.56. The van der Waals surface area contributed by atoms with Gasteiger partial charge in [-0.25, -0.2) is 5.10 Å². The summed E-state index contributed by atoms with van der Waals surface area (Å²) in [5.41, 5.74) is 5.99. The second kappa shape index (κ2) is 5.78. The summed E-state index contributed by atoms with van der Waals surface area (Å²) in [5, 5.41) is 18.4. The molecular formula is C14H17N7O2S2. The van der Waals surface area contributed by atoms with Crippen LogP contribution in [0.1, 0.15) is 36.6 Å². The van der Waals surface area contributed by atoms with Gasteiger partial charge < -0.3 is 16.0 Å². The molecule has 0 radical (unpaired) electrons. The molecule has 2 saturated heterocycles. The molecule has 2 amide bonds. The Labute approximate surface area is 151 Å². The first-order chi connectivity index (χ1) is 11.9. The van der Waals surface area contributed by atoms with Crippen LogP contribution in [0.25, 0.3) is 0 Å². The highest BCUT2D eigenvalue weighted by atomic mass is 32.2. The number of hydrogen-bond donors (Lipinski definition) is 3. The van der Waals surface area contributed by atoms with Gasteiger partial charge in [0.15, 0.2) is 5.82 Å². The zero-order valence-corrected chi connectivity index (χ0v) is 15.2. The molecule has 0 aromatic carbocycles. The Morgan fingerprint density at radius 2 is 2.32 bits per heavy atom. The number of nitrogens with two attached hydrogens (primary N) is 1. The lowest BCUT2D eigenvalue weighted by Gasteiger charge is -2.44. The summed E-state index contributed by atoms with van der Waals surface area (Å²) in [7, 11) is 0. The monoisotopic (exact) mass is 379 g/mol. The highest BCUT2D eigenvalue weighted by Gasteiger charge is 2.63. The lowest BCUT2D eigenvalue weighted by molar-refractivity contribution is -0.152. The van der Waals surface area contributed by atoms with Gasteiger partial charge >= 0.3 is 0 Å². The van der Waals surface area contributed by atoms with E-state index >= 15 is 0 Å². The molecule has 132 valence electrons. The first kappa shape index (κ1) is 16.5. The molecule has 4 heterocycles.